The average molecular weight is 1410 g/mol. The van der Waals surface area contributed by atoms with Crippen molar-refractivity contribution >= 4 is 19.8 Å². The smallest absolute Gasteiger partial charge is 0.462 e. The van der Waals surface area contributed by atoms with Crippen molar-refractivity contribution in [2.24, 2.45) is 0 Å². The number of quaternary nitrogens is 1. The van der Waals surface area contributed by atoms with Gasteiger partial charge in [0.15, 0.2) is 6.10 Å². The average Bonchev–Trinajstić information content (AvgIpc) is 1.07. The second-order valence-corrected chi connectivity index (χ2v) is 29.1. The predicted octanol–water partition coefficient (Wildman–Crippen LogP) is 27.4. The number of likely N-dealkylation sites (N-methyl/N-ethyl adjacent to an activating group) is 1. The minimum Gasteiger partial charge on any atom is -0.462 e. The molecule has 2 atom stereocenters. The molecule has 2 unspecified atom stereocenters. The summed E-state index contributed by atoms with van der Waals surface area (Å²) in [4.78, 5) is 36.0. The summed E-state index contributed by atoms with van der Waals surface area (Å²) in [5.74, 6) is -0.806. The minimum absolute atomic E-state index is 0.0231. The van der Waals surface area contributed by atoms with Crippen LogP contribution in [0.5, 0.6) is 0 Å². The maximum absolute atomic E-state index is 12.9. The molecule has 0 spiro atoms. The van der Waals surface area contributed by atoms with Crippen molar-refractivity contribution in [1.82, 2.24) is 0 Å². The molecular formula is C90H151NO8P+. The molecule has 0 aliphatic carbocycles. The van der Waals surface area contributed by atoms with Gasteiger partial charge in [-0.2, -0.15) is 0 Å². The first-order valence-electron chi connectivity index (χ1n) is 40.5. The van der Waals surface area contributed by atoms with Gasteiger partial charge in [0.05, 0.1) is 27.7 Å². The van der Waals surface area contributed by atoms with Gasteiger partial charge in [0, 0.05) is 12.8 Å². The van der Waals surface area contributed by atoms with E-state index in [-0.39, 0.29) is 32.0 Å². The van der Waals surface area contributed by atoms with Gasteiger partial charge in [0.25, 0.3) is 0 Å². The van der Waals surface area contributed by atoms with Crippen LogP contribution >= 0.6 is 7.82 Å². The van der Waals surface area contributed by atoms with Gasteiger partial charge in [-0.1, -0.05) is 357 Å². The molecule has 0 aromatic rings. The summed E-state index contributed by atoms with van der Waals surface area (Å²) >= 11 is 0. The molecule has 9 nitrogen and oxygen atoms in total. The van der Waals surface area contributed by atoms with Gasteiger partial charge in [0.2, 0.25) is 0 Å². The summed E-state index contributed by atoms with van der Waals surface area (Å²) in [6, 6.07) is 0. The first-order valence-corrected chi connectivity index (χ1v) is 42.0. The van der Waals surface area contributed by atoms with Crippen LogP contribution < -0.4 is 0 Å². The normalized spacial score (nSPS) is 14.0. The number of ether oxygens (including phenoxy) is 2. The Morgan fingerprint density at radius 1 is 0.310 bits per heavy atom. The lowest BCUT2D eigenvalue weighted by Gasteiger charge is -2.24. The van der Waals surface area contributed by atoms with Gasteiger partial charge < -0.3 is 18.9 Å². The van der Waals surface area contributed by atoms with E-state index in [2.05, 4.69) is 196 Å². The standard InChI is InChI=1S/C90H150NO8P/c1-6-8-10-12-14-16-18-20-22-24-26-28-30-32-34-36-38-40-42-44-45-47-49-51-53-55-57-59-61-63-65-67-69-71-73-75-77-79-81-83-90(93)99-88(87-98-100(94,95)97-85-84-91(3,4)5)86-96-89(92)82-80-78-76-74-72-70-68-66-64-62-60-58-56-54-52-50-48-46-43-41-39-37-35-33-31-29-27-25-23-21-19-17-15-13-11-9-7-2/h8-11,14-17,20-23,26-29,32-35,38,40,44-45,49,51,55,57,61,63,88H,6-7,12-13,18-19,24-25,30-31,36-37,39,41-43,46-48,50,52-54,56,58-60,62,64-87H2,1-5H3/p+1/b10-8-,11-9-,16-14-,17-15-,22-20-,23-21-,28-26-,29-27-,34-32-,35-33-,40-38-,45-44-,51-49-,57-55-,63-61-. The lowest BCUT2D eigenvalue weighted by Crippen LogP contribution is -2.37. The number of hydrogen-bond acceptors (Lipinski definition) is 7. The first kappa shape index (κ1) is 95.1. The lowest BCUT2D eigenvalue weighted by molar-refractivity contribution is -0.870. The molecule has 0 saturated carbocycles. The van der Waals surface area contributed by atoms with Gasteiger partial charge in [-0.05, 0) is 135 Å². The van der Waals surface area contributed by atoms with Crippen molar-refractivity contribution in [1.29, 1.82) is 0 Å². The fourth-order valence-corrected chi connectivity index (χ4v) is 11.6. The zero-order valence-electron chi connectivity index (χ0n) is 64.9. The van der Waals surface area contributed by atoms with Crippen molar-refractivity contribution in [3.63, 3.8) is 0 Å². The monoisotopic (exact) mass is 1410 g/mol. The van der Waals surface area contributed by atoms with E-state index < -0.39 is 26.5 Å². The van der Waals surface area contributed by atoms with Gasteiger partial charge >= 0.3 is 19.8 Å². The molecule has 0 rings (SSSR count). The Hall–Kier alpha value is -4.89. The van der Waals surface area contributed by atoms with Crippen LogP contribution in [0.3, 0.4) is 0 Å². The van der Waals surface area contributed by atoms with E-state index in [0.29, 0.717) is 17.4 Å². The maximum Gasteiger partial charge on any atom is 0.472 e. The van der Waals surface area contributed by atoms with Crippen molar-refractivity contribution in [2.45, 2.75) is 328 Å². The number of allylic oxidation sites excluding steroid dienone is 30. The summed E-state index contributed by atoms with van der Waals surface area (Å²) in [6.45, 7) is 4.21. The highest BCUT2D eigenvalue weighted by Gasteiger charge is 2.27. The zero-order valence-corrected chi connectivity index (χ0v) is 65.8. The van der Waals surface area contributed by atoms with Crippen molar-refractivity contribution in [3.05, 3.63) is 182 Å². The summed E-state index contributed by atoms with van der Waals surface area (Å²) < 4.78 is 34.8. The van der Waals surface area contributed by atoms with Gasteiger partial charge in [0.1, 0.15) is 19.8 Å². The number of carbonyl (C=O) groups excluding carboxylic acids is 2. The Morgan fingerprint density at radius 2 is 0.540 bits per heavy atom. The topological polar surface area (TPSA) is 108 Å². The molecule has 10 heteroatoms. The van der Waals surface area contributed by atoms with E-state index in [1.807, 2.05) is 21.1 Å². The molecule has 0 fully saturated rings. The highest BCUT2D eigenvalue weighted by Crippen LogP contribution is 2.43. The van der Waals surface area contributed by atoms with Crippen LogP contribution in [0.2, 0.25) is 0 Å². The van der Waals surface area contributed by atoms with E-state index in [4.69, 9.17) is 18.5 Å². The number of phosphoric acid groups is 1. The third-order valence-electron chi connectivity index (χ3n) is 16.9. The number of phosphoric ester groups is 1. The number of rotatable bonds is 73. The van der Waals surface area contributed by atoms with E-state index in [0.717, 1.165) is 141 Å². The van der Waals surface area contributed by atoms with E-state index in [1.165, 1.54) is 148 Å². The summed E-state index contributed by atoms with van der Waals surface area (Å²) in [5, 5.41) is 0. The van der Waals surface area contributed by atoms with Crippen molar-refractivity contribution in [2.75, 3.05) is 47.5 Å². The Balaban J connectivity index is 4.03. The molecule has 0 heterocycles. The summed E-state index contributed by atoms with van der Waals surface area (Å²) in [6.07, 6.45) is 120. The second-order valence-electron chi connectivity index (χ2n) is 27.7. The third kappa shape index (κ3) is 82.1. The maximum atomic E-state index is 12.9. The zero-order chi connectivity index (χ0) is 72.5. The second kappa shape index (κ2) is 78.3. The number of esters is 2. The molecule has 0 aliphatic rings. The fourth-order valence-electron chi connectivity index (χ4n) is 10.8. The van der Waals surface area contributed by atoms with E-state index in [9.17, 15) is 19.0 Å². The van der Waals surface area contributed by atoms with Crippen LogP contribution in [0, 0.1) is 0 Å². The predicted molar refractivity (Wildman–Crippen MR) is 436 cm³/mol. The Labute approximate surface area is 616 Å². The molecule has 0 amide bonds. The molecule has 100 heavy (non-hydrogen) atoms. The van der Waals surface area contributed by atoms with E-state index >= 15 is 0 Å². The number of carbonyl (C=O) groups is 2. The van der Waals surface area contributed by atoms with Crippen LogP contribution in [0.1, 0.15) is 322 Å². The molecule has 0 radical (unpaired) electrons. The lowest BCUT2D eigenvalue weighted by atomic mass is 10.0. The molecule has 0 aromatic heterocycles. The molecule has 0 aromatic carbocycles. The quantitative estimate of drug-likeness (QED) is 0.0211. The summed E-state index contributed by atoms with van der Waals surface area (Å²) in [7, 11) is 1.46. The molecule has 0 saturated heterocycles. The van der Waals surface area contributed by atoms with Gasteiger partial charge in [-0.3, -0.25) is 18.6 Å². The van der Waals surface area contributed by atoms with E-state index in [1.54, 1.807) is 0 Å². The summed E-state index contributed by atoms with van der Waals surface area (Å²) in [5.41, 5.74) is 0. The Morgan fingerprint density at radius 3 is 0.800 bits per heavy atom. The highest BCUT2D eigenvalue weighted by atomic mass is 31.2. The molecule has 1 N–H and O–H groups in total. The Bertz CT molecular complexity index is 2350. The van der Waals surface area contributed by atoms with Crippen LogP contribution in [0.4, 0.5) is 0 Å². The molecular weight excluding hydrogens is 1250 g/mol. The largest absolute Gasteiger partial charge is 0.472 e. The van der Waals surface area contributed by atoms with Crippen LogP contribution in [-0.4, -0.2) is 74.9 Å². The third-order valence-corrected chi connectivity index (χ3v) is 17.9. The minimum atomic E-state index is -4.41. The SMILES string of the molecule is CC/C=C\C/C=C\C/C=C\C/C=C\C/C=C\C/C=C\C/C=C\C/C=C\C/C=C\C/C=C\CCCCCCCCCCC(=O)OC(COC(=O)CCCCCCCCCCCCCCCCCCCCCCC/C=C\C/C=C\C/C=C\C/C=C\C/C=C\CC)COP(=O)(O)OCC[N+](C)(C)C. The van der Waals surface area contributed by atoms with Crippen molar-refractivity contribution < 1.29 is 42.1 Å². The Kier molecular flexibility index (Phi) is 74.4. The number of nitrogens with zero attached hydrogens (tertiary/aromatic N) is 1. The van der Waals surface area contributed by atoms with Gasteiger partial charge in [-0.15, -0.1) is 0 Å². The van der Waals surface area contributed by atoms with Gasteiger partial charge in [-0.25, -0.2) is 4.57 Å². The van der Waals surface area contributed by atoms with Crippen LogP contribution in [-0.2, 0) is 32.7 Å². The fraction of sp³-hybridized carbons (Fsp3) is 0.644. The van der Waals surface area contributed by atoms with Crippen molar-refractivity contribution in [3.8, 4) is 0 Å². The van der Waals surface area contributed by atoms with Crippen LogP contribution in [0.25, 0.3) is 0 Å². The van der Waals surface area contributed by atoms with Crippen LogP contribution in [0.15, 0.2) is 182 Å². The first-order chi connectivity index (χ1) is 49.0. The number of hydrogen-bond donors (Lipinski definition) is 1. The number of unbranched alkanes of at least 4 members (excludes halogenated alkanes) is 29. The highest BCUT2D eigenvalue weighted by molar-refractivity contribution is 7.47. The molecule has 0 aliphatic heterocycles. The molecule has 0 bridgehead atoms. The molecule has 568 valence electrons.